The Labute approximate surface area is 146 Å². The molecule has 0 bridgehead atoms. The Bertz CT molecular complexity index is 803. The van der Waals surface area contributed by atoms with Crippen molar-refractivity contribution in [1.82, 2.24) is 4.90 Å². The topological polar surface area (TPSA) is 53.9 Å². The van der Waals surface area contributed by atoms with Crippen molar-refractivity contribution in [3.63, 3.8) is 0 Å². The summed E-state index contributed by atoms with van der Waals surface area (Å²) in [6.07, 6.45) is 0. The number of ether oxygens (including phenoxy) is 1. The van der Waals surface area contributed by atoms with E-state index in [0.717, 1.165) is 16.9 Å². The molecular weight excluding hydrogens is 321 g/mol. The second-order valence-electron chi connectivity index (χ2n) is 5.87. The first kappa shape index (κ1) is 17.0. The first-order valence-corrected chi connectivity index (χ1v) is 8.11. The van der Waals surface area contributed by atoms with E-state index in [1.165, 1.54) is 24.3 Å². The molecule has 0 fully saturated rings. The van der Waals surface area contributed by atoms with Crippen LogP contribution >= 0.6 is 0 Å². The Balaban J connectivity index is 1.63. The highest BCUT2D eigenvalue weighted by Gasteiger charge is 2.24. The highest BCUT2D eigenvalue weighted by atomic mass is 19.1. The number of urea groups is 1. The fourth-order valence-corrected chi connectivity index (χ4v) is 2.58. The number of anilines is 1. The molecule has 0 aliphatic carbocycles. The van der Waals surface area contributed by atoms with E-state index >= 15 is 0 Å². The smallest absolute Gasteiger partial charge is 0.327 e. The van der Waals surface area contributed by atoms with Gasteiger partial charge in [-0.2, -0.15) is 0 Å². The van der Waals surface area contributed by atoms with Gasteiger partial charge in [-0.15, -0.1) is 0 Å². The molecule has 0 unspecified atom stereocenters. The molecule has 1 heterocycles. The summed E-state index contributed by atoms with van der Waals surface area (Å²) in [6, 6.07) is 11.2. The summed E-state index contributed by atoms with van der Waals surface area (Å²) in [5.41, 5.74) is 2.76. The Morgan fingerprint density at radius 1 is 1.24 bits per heavy atom. The quantitative estimate of drug-likeness (QED) is 0.920. The van der Waals surface area contributed by atoms with E-state index in [2.05, 4.69) is 10.3 Å². The number of carbonyl (C=O) groups is 1. The molecule has 2 aromatic rings. The number of aryl methyl sites for hydroxylation is 1. The minimum Gasteiger partial charge on any atom is -0.485 e. The Morgan fingerprint density at radius 3 is 2.76 bits per heavy atom. The molecule has 0 atom stereocenters. The van der Waals surface area contributed by atoms with Gasteiger partial charge in [0.2, 0.25) is 0 Å². The molecule has 0 spiro atoms. The molecule has 1 aliphatic heterocycles. The van der Waals surface area contributed by atoms with Gasteiger partial charge >= 0.3 is 6.03 Å². The number of benzene rings is 2. The fraction of sp³-hybridized carbons (Fsp3) is 0.263. The van der Waals surface area contributed by atoms with Gasteiger partial charge in [0.1, 0.15) is 24.0 Å². The van der Waals surface area contributed by atoms with Crippen LogP contribution < -0.4 is 10.1 Å². The van der Waals surface area contributed by atoms with Crippen LogP contribution in [0.2, 0.25) is 0 Å². The van der Waals surface area contributed by atoms with Gasteiger partial charge in [-0.3, -0.25) is 9.89 Å². The standard InChI is InChI=1S/C19H20FN3O2/c1-13-4-3-5-17(14(13)2)25-12-18-21-10-11-23(18)19(24)22-16-8-6-15(20)7-9-16/h3-9H,10-12H2,1-2H3,(H,22,24). The second kappa shape index (κ2) is 7.34. The number of amides is 2. The van der Waals surface area contributed by atoms with Crippen LogP contribution in [0.5, 0.6) is 5.75 Å². The number of nitrogens with one attached hydrogen (secondary N) is 1. The van der Waals surface area contributed by atoms with Crippen molar-refractivity contribution >= 4 is 17.6 Å². The molecule has 5 nitrogen and oxygen atoms in total. The summed E-state index contributed by atoms with van der Waals surface area (Å²) in [5, 5.41) is 2.74. The van der Waals surface area contributed by atoms with Crippen molar-refractivity contribution in [2.24, 2.45) is 4.99 Å². The zero-order valence-corrected chi connectivity index (χ0v) is 14.3. The van der Waals surface area contributed by atoms with Crippen molar-refractivity contribution in [1.29, 1.82) is 0 Å². The number of hydrogen-bond acceptors (Lipinski definition) is 3. The van der Waals surface area contributed by atoms with Gasteiger partial charge in [0.15, 0.2) is 0 Å². The lowest BCUT2D eigenvalue weighted by molar-refractivity contribution is 0.234. The third-order valence-electron chi connectivity index (χ3n) is 4.18. The van der Waals surface area contributed by atoms with Crippen molar-refractivity contribution in [2.45, 2.75) is 13.8 Å². The summed E-state index contributed by atoms with van der Waals surface area (Å²) >= 11 is 0. The monoisotopic (exact) mass is 341 g/mol. The number of amidine groups is 1. The minimum absolute atomic E-state index is 0.223. The minimum atomic E-state index is -0.344. The molecule has 25 heavy (non-hydrogen) atoms. The Kier molecular flexibility index (Phi) is 4.97. The zero-order chi connectivity index (χ0) is 17.8. The highest BCUT2D eigenvalue weighted by molar-refractivity contribution is 6.04. The molecular formula is C19H20FN3O2. The van der Waals surface area contributed by atoms with Gasteiger partial charge in [-0.1, -0.05) is 12.1 Å². The number of aliphatic imine (C=N–C) groups is 1. The van der Waals surface area contributed by atoms with E-state index in [9.17, 15) is 9.18 Å². The van der Waals surface area contributed by atoms with E-state index in [0.29, 0.717) is 24.6 Å². The normalized spacial score (nSPS) is 13.6. The molecule has 0 aromatic heterocycles. The number of halogens is 1. The van der Waals surface area contributed by atoms with Crippen LogP contribution in [0.4, 0.5) is 14.9 Å². The summed E-state index contributed by atoms with van der Waals surface area (Å²) in [6.45, 7) is 5.29. The Morgan fingerprint density at radius 2 is 2.00 bits per heavy atom. The lowest BCUT2D eigenvalue weighted by Crippen LogP contribution is -2.40. The number of carbonyl (C=O) groups excluding carboxylic acids is 1. The van der Waals surface area contributed by atoms with E-state index in [1.807, 2.05) is 32.0 Å². The van der Waals surface area contributed by atoms with Gasteiger partial charge in [-0.25, -0.2) is 9.18 Å². The van der Waals surface area contributed by atoms with Crippen molar-refractivity contribution < 1.29 is 13.9 Å². The predicted octanol–water partition coefficient (Wildman–Crippen LogP) is 3.77. The van der Waals surface area contributed by atoms with Gasteiger partial charge < -0.3 is 10.1 Å². The molecule has 130 valence electrons. The molecule has 2 aromatic carbocycles. The van der Waals surface area contributed by atoms with Crippen molar-refractivity contribution in [2.75, 3.05) is 25.0 Å². The average molecular weight is 341 g/mol. The van der Waals surface area contributed by atoms with Gasteiger partial charge in [-0.05, 0) is 55.3 Å². The van der Waals surface area contributed by atoms with Crippen LogP contribution in [-0.2, 0) is 0 Å². The van der Waals surface area contributed by atoms with Crippen LogP contribution in [0.25, 0.3) is 0 Å². The van der Waals surface area contributed by atoms with E-state index in [-0.39, 0.29) is 18.5 Å². The van der Waals surface area contributed by atoms with Crippen molar-refractivity contribution in [3.05, 3.63) is 59.4 Å². The first-order chi connectivity index (χ1) is 12.0. The second-order valence-corrected chi connectivity index (χ2v) is 5.87. The van der Waals surface area contributed by atoms with Crippen LogP contribution in [0.3, 0.4) is 0 Å². The van der Waals surface area contributed by atoms with E-state index in [4.69, 9.17) is 4.74 Å². The fourth-order valence-electron chi connectivity index (χ4n) is 2.58. The number of hydrogen-bond donors (Lipinski definition) is 1. The summed E-state index contributed by atoms with van der Waals surface area (Å²) < 4.78 is 18.8. The van der Waals surface area contributed by atoms with E-state index in [1.54, 1.807) is 4.90 Å². The average Bonchev–Trinajstić information content (AvgIpc) is 3.07. The molecule has 0 saturated heterocycles. The molecule has 6 heteroatoms. The highest BCUT2D eigenvalue weighted by Crippen LogP contribution is 2.21. The summed E-state index contributed by atoms with van der Waals surface area (Å²) in [7, 11) is 0. The number of rotatable bonds is 4. The SMILES string of the molecule is Cc1cccc(OCC2=NCCN2C(=O)Nc2ccc(F)cc2)c1C. The van der Waals surface area contributed by atoms with Gasteiger partial charge in [0, 0.05) is 12.2 Å². The van der Waals surface area contributed by atoms with E-state index < -0.39 is 0 Å². The van der Waals surface area contributed by atoms with Crippen molar-refractivity contribution in [3.8, 4) is 5.75 Å². The Hall–Kier alpha value is -2.89. The van der Waals surface area contributed by atoms with Crippen LogP contribution in [0, 0.1) is 19.7 Å². The van der Waals surface area contributed by atoms with Gasteiger partial charge in [0.05, 0.1) is 6.54 Å². The first-order valence-electron chi connectivity index (χ1n) is 8.11. The summed E-state index contributed by atoms with van der Waals surface area (Å²) in [4.78, 5) is 18.3. The third-order valence-corrected chi connectivity index (χ3v) is 4.18. The molecule has 2 amide bonds. The largest absolute Gasteiger partial charge is 0.485 e. The third kappa shape index (κ3) is 3.96. The molecule has 0 saturated carbocycles. The van der Waals surface area contributed by atoms with Gasteiger partial charge in [0.25, 0.3) is 0 Å². The number of nitrogens with zero attached hydrogens (tertiary/aromatic N) is 2. The maximum Gasteiger partial charge on any atom is 0.327 e. The van der Waals surface area contributed by atoms with Crippen LogP contribution in [-0.4, -0.2) is 36.5 Å². The van der Waals surface area contributed by atoms with Crippen LogP contribution in [0.1, 0.15) is 11.1 Å². The molecule has 3 rings (SSSR count). The lowest BCUT2D eigenvalue weighted by atomic mass is 10.1. The zero-order valence-electron chi connectivity index (χ0n) is 14.3. The predicted molar refractivity (Wildman–Crippen MR) is 95.8 cm³/mol. The maximum atomic E-state index is 13.0. The maximum absolute atomic E-state index is 13.0. The molecule has 1 aliphatic rings. The molecule has 1 N–H and O–H groups in total. The summed E-state index contributed by atoms with van der Waals surface area (Å²) in [5.74, 6) is 1.03. The van der Waals surface area contributed by atoms with Crippen LogP contribution in [0.15, 0.2) is 47.5 Å². The molecule has 0 radical (unpaired) electrons. The lowest BCUT2D eigenvalue weighted by Gasteiger charge is -2.20.